The highest BCUT2D eigenvalue weighted by Crippen LogP contribution is 2.23. The van der Waals surface area contributed by atoms with Crippen molar-refractivity contribution < 1.29 is 9.53 Å². The number of nitrogens with one attached hydrogen (secondary N) is 1. The van der Waals surface area contributed by atoms with Gasteiger partial charge in [-0.3, -0.25) is 4.79 Å². The maximum atomic E-state index is 12.6. The summed E-state index contributed by atoms with van der Waals surface area (Å²) in [7, 11) is 0. The number of nitrogens with zero attached hydrogens (tertiary/aromatic N) is 3. The van der Waals surface area contributed by atoms with E-state index < -0.39 is 0 Å². The van der Waals surface area contributed by atoms with E-state index in [1.165, 1.54) is 0 Å². The summed E-state index contributed by atoms with van der Waals surface area (Å²) in [6.07, 6.45) is 0. The van der Waals surface area contributed by atoms with Crippen molar-refractivity contribution in [3.05, 3.63) is 46.4 Å². The van der Waals surface area contributed by atoms with Gasteiger partial charge in [0.15, 0.2) is 0 Å². The molecule has 0 spiro atoms. The SMILES string of the molecule is Cc1nc(C(=O)Nc2cccc(Cl)c2C)cc(N2CCOCC2)n1. The molecule has 2 aromatic rings. The summed E-state index contributed by atoms with van der Waals surface area (Å²) in [5, 5.41) is 3.48. The Hall–Kier alpha value is -2.18. The van der Waals surface area contributed by atoms with Gasteiger partial charge in [0.1, 0.15) is 17.3 Å². The number of hydrogen-bond acceptors (Lipinski definition) is 5. The van der Waals surface area contributed by atoms with E-state index in [1.807, 2.05) is 13.0 Å². The molecule has 3 rings (SSSR count). The standard InChI is InChI=1S/C17H19ClN4O2/c1-11-13(18)4-3-5-14(11)21-17(23)15-10-16(20-12(2)19-15)22-6-8-24-9-7-22/h3-5,10H,6-9H2,1-2H3,(H,21,23). The molecule has 24 heavy (non-hydrogen) atoms. The van der Waals surface area contributed by atoms with E-state index in [9.17, 15) is 4.79 Å². The molecule has 1 amide bonds. The van der Waals surface area contributed by atoms with Crippen molar-refractivity contribution in [1.29, 1.82) is 0 Å². The van der Waals surface area contributed by atoms with Crippen LogP contribution in [0.4, 0.5) is 11.5 Å². The number of carbonyl (C=O) groups is 1. The third-order valence-electron chi connectivity index (χ3n) is 3.91. The maximum Gasteiger partial charge on any atom is 0.274 e. The van der Waals surface area contributed by atoms with Crippen LogP contribution in [0.5, 0.6) is 0 Å². The fourth-order valence-electron chi connectivity index (χ4n) is 2.55. The first-order valence-corrected chi connectivity index (χ1v) is 8.17. The van der Waals surface area contributed by atoms with E-state index in [4.69, 9.17) is 16.3 Å². The average molecular weight is 347 g/mol. The second kappa shape index (κ2) is 7.15. The van der Waals surface area contributed by atoms with E-state index in [1.54, 1.807) is 25.1 Å². The van der Waals surface area contributed by atoms with Gasteiger partial charge in [-0.05, 0) is 31.5 Å². The van der Waals surface area contributed by atoms with Crippen LogP contribution in [0.3, 0.4) is 0 Å². The van der Waals surface area contributed by atoms with E-state index >= 15 is 0 Å². The Morgan fingerprint density at radius 1 is 1.25 bits per heavy atom. The van der Waals surface area contributed by atoms with Crippen LogP contribution >= 0.6 is 11.6 Å². The van der Waals surface area contributed by atoms with Gasteiger partial charge in [-0.15, -0.1) is 0 Å². The predicted molar refractivity (Wildman–Crippen MR) is 93.9 cm³/mol. The van der Waals surface area contributed by atoms with Crippen LogP contribution in [-0.2, 0) is 4.74 Å². The lowest BCUT2D eigenvalue weighted by molar-refractivity contribution is 0.102. The van der Waals surface area contributed by atoms with Gasteiger partial charge in [-0.1, -0.05) is 17.7 Å². The van der Waals surface area contributed by atoms with Gasteiger partial charge in [0.2, 0.25) is 0 Å². The summed E-state index contributed by atoms with van der Waals surface area (Å²) in [5.41, 5.74) is 1.84. The van der Waals surface area contributed by atoms with Crippen LogP contribution in [-0.4, -0.2) is 42.2 Å². The number of aryl methyl sites for hydroxylation is 1. The largest absolute Gasteiger partial charge is 0.378 e. The summed E-state index contributed by atoms with van der Waals surface area (Å²) in [5.74, 6) is 1.03. The highest BCUT2D eigenvalue weighted by Gasteiger charge is 2.17. The quantitative estimate of drug-likeness (QED) is 0.925. The maximum absolute atomic E-state index is 12.6. The second-order valence-corrected chi connectivity index (χ2v) is 6.03. The molecule has 0 bridgehead atoms. The molecule has 1 aromatic carbocycles. The van der Waals surface area contributed by atoms with Gasteiger partial charge < -0.3 is 15.0 Å². The molecule has 0 radical (unpaired) electrons. The minimum Gasteiger partial charge on any atom is -0.378 e. The number of amides is 1. The monoisotopic (exact) mass is 346 g/mol. The first kappa shape index (κ1) is 16.7. The van der Waals surface area contributed by atoms with Crippen LogP contribution in [0.25, 0.3) is 0 Å². The van der Waals surface area contributed by atoms with E-state index in [0.29, 0.717) is 35.4 Å². The average Bonchev–Trinajstić information content (AvgIpc) is 2.59. The minimum atomic E-state index is -0.277. The molecule has 2 heterocycles. The first-order chi connectivity index (χ1) is 11.5. The molecule has 1 fully saturated rings. The molecule has 1 aliphatic rings. The van der Waals surface area contributed by atoms with Crippen LogP contribution in [0.2, 0.25) is 5.02 Å². The third kappa shape index (κ3) is 3.66. The lowest BCUT2D eigenvalue weighted by Crippen LogP contribution is -2.37. The van der Waals surface area contributed by atoms with Gasteiger partial charge in [-0.25, -0.2) is 9.97 Å². The molecule has 1 aromatic heterocycles. The summed E-state index contributed by atoms with van der Waals surface area (Å²) in [6, 6.07) is 7.12. The van der Waals surface area contributed by atoms with Gasteiger partial charge in [0.25, 0.3) is 5.91 Å². The van der Waals surface area contributed by atoms with Crippen molar-refractivity contribution in [2.45, 2.75) is 13.8 Å². The molecular weight excluding hydrogens is 328 g/mol. The number of halogens is 1. The molecule has 0 aliphatic carbocycles. The summed E-state index contributed by atoms with van der Waals surface area (Å²) in [6.45, 7) is 6.47. The molecule has 1 saturated heterocycles. The highest BCUT2D eigenvalue weighted by atomic mass is 35.5. The Labute approximate surface area is 145 Å². The number of anilines is 2. The molecule has 1 N–H and O–H groups in total. The number of aromatic nitrogens is 2. The summed E-state index contributed by atoms with van der Waals surface area (Å²) < 4.78 is 5.36. The van der Waals surface area contributed by atoms with Crippen LogP contribution in [0.1, 0.15) is 21.9 Å². The van der Waals surface area contributed by atoms with Crippen molar-refractivity contribution >= 4 is 29.0 Å². The second-order valence-electron chi connectivity index (χ2n) is 5.62. The molecule has 0 unspecified atom stereocenters. The molecule has 6 nitrogen and oxygen atoms in total. The topological polar surface area (TPSA) is 67.4 Å². The van der Waals surface area contributed by atoms with Gasteiger partial charge in [0.05, 0.1) is 13.2 Å². The van der Waals surface area contributed by atoms with E-state index in [0.717, 1.165) is 24.5 Å². The molecule has 1 aliphatic heterocycles. The molecule has 0 atom stereocenters. The van der Waals surface area contributed by atoms with Crippen molar-refractivity contribution in [2.24, 2.45) is 0 Å². The van der Waals surface area contributed by atoms with Gasteiger partial charge in [-0.2, -0.15) is 0 Å². The zero-order chi connectivity index (χ0) is 17.1. The van der Waals surface area contributed by atoms with E-state index in [-0.39, 0.29) is 5.91 Å². The number of morpholine rings is 1. The smallest absolute Gasteiger partial charge is 0.274 e. The number of carbonyl (C=O) groups excluding carboxylic acids is 1. The number of benzene rings is 1. The van der Waals surface area contributed by atoms with Crippen molar-refractivity contribution in [3.8, 4) is 0 Å². The fourth-order valence-corrected chi connectivity index (χ4v) is 2.73. The minimum absolute atomic E-state index is 0.277. The third-order valence-corrected chi connectivity index (χ3v) is 4.32. The summed E-state index contributed by atoms with van der Waals surface area (Å²) >= 11 is 6.10. The molecule has 0 saturated carbocycles. The number of rotatable bonds is 3. The van der Waals surface area contributed by atoms with Crippen molar-refractivity contribution in [1.82, 2.24) is 9.97 Å². The zero-order valence-corrected chi connectivity index (χ0v) is 14.4. The van der Waals surface area contributed by atoms with Crippen molar-refractivity contribution in [3.63, 3.8) is 0 Å². The first-order valence-electron chi connectivity index (χ1n) is 7.79. The normalized spacial score (nSPS) is 14.5. The lowest BCUT2D eigenvalue weighted by atomic mass is 10.2. The Morgan fingerprint density at radius 3 is 2.75 bits per heavy atom. The van der Waals surface area contributed by atoms with Crippen molar-refractivity contribution in [2.75, 3.05) is 36.5 Å². The Balaban J connectivity index is 1.84. The Bertz CT molecular complexity index is 760. The number of ether oxygens (including phenoxy) is 1. The van der Waals surface area contributed by atoms with E-state index in [2.05, 4.69) is 20.2 Å². The van der Waals surface area contributed by atoms with Gasteiger partial charge >= 0.3 is 0 Å². The zero-order valence-electron chi connectivity index (χ0n) is 13.7. The van der Waals surface area contributed by atoms with Gasteiger partial charge in [0, 0.05) is 29.9 Å². The predicted octanol–water partition coefficient (Wildman–Crippen LogP) is 2.84. The van der Waals surface area contributed by atoms with Crippen LogP contribution in [0.15, 0.2) is 24.3 Å². The Morgan fingerprint density at radius 2 is 2.00 bits per heavy atom. The molecular formula is C17H19ClN4O2. The molecule has 7 heteroatoms. The summed E-state index contributed by atoms with van der Waals surface area (Å²) in [4.78, 5) is 23.4. The highest BCUT2D eigenvalue weighted by molar-refractivity contribution is 6.31. The molecule has 126 valence electrons. The fraction of sp³-hybridized carbons (Fsp3) is 0.353. The number of hydrogen-bond donors (Lipinski definition) is 1. The Kier molecular flexibility index (Phi) is 4.97. The van der Waals surface area contributed by atoms with Crippen LogP contribution < -0.4 is 10.2 Å². The van der Waals surface area contributed by atoms with Crippen LogP contribution in [0, 0.1) is 13.8 Å². The lowest BCUT2D eigenvalue weighted by Gasteiger charge is -2.28.